The Labute approximate surface area is 95.8 Å². The van der Waals surface area contributed by atoms with E-state index in [9.17, 15) is 0 Å². The first kappa shape index (κ1) is 12.3. The van der Waals surface area contributed by atoms with Gasteiger partial charge in [-0.25, -0.2) is 4.98 Å². The Hall–Kier alpha value is -0.800. The van der Waals surface area contributed by atoms with E-state index in [-0.39, 0.29) is 0 Å². The average molecular weight is 229 g/mol. The number of halogens is 1. The third-order valence-electron chi connectivity index (χ3n) is 1.86. The zero-order valence-corrected chi connectivity index (χ0v) is 10.1. The van der Waals surface area contributed by atoms with Gasteiger partial charge in [0.05, 0.1) is 6.61 Å². The molecule has 0 saturated heterocycles. The minimum atomic E-state index is 0.454. The molecule has 1 N–H and O–H groups in total. The van der Waals surface area contributed by atoms with Crippen molar-refractivity contribution in [3.63, 3.8) is 0 Å². The Bertz CT molecular complexity index is 315. The normalized spacial score (nSPS) is 10.7. The van der Waals surface area contributed by atoms with Crippen LogP contribution in [0.5, 0.6) is 5.88 Å². The summed E-state index contributed by atoms with van der Waals surface area (Å²) in [6.45, 7) is 7.46. The Balaban J connectivity index is 2.64. The van der Waals surface area contributed by atoms with Gasteiger partial charge in [-0.05, 0) is 18.6 Å². The van der Waals surface area contributed by atoms with Crippen LogP contribution in [-0.4, -0.2) is 17.6 Å². The number of hydrogen-bond donors (Lipinski definition) is 1. The monoisotopic (exact) mass is 228 g/mol. The maximum Gasteiger partial charge on any atom is 0.232 e. The minimum Gasteiger partial charge on any atom is -0.477 e. The molecule has 4 heteroatoms. The molecule has 0 aromatic carbocycles. The molecule has 0 amide bonds. The van der Waals surface area contributed by atoms with E-state index in [0.717, 1.165) is 12.1 Å². The summed E-state index contributed by atoms with van der Waals surface area (Å²) in [5, 5.41) is 3.87. The minimum absolute atomic E-state index is 0.454. The van der Waals surface area contributed by atoms with Crippen LogP contribution in [0, 0.1) is 0 Å². The van der Waals surface area contributed by atoms with Gasteiger partial charge in [0, 0.05) is 18.8 Å². The molecule has 0 unspecified atom stereocenters. The van der Waals surface area contributed by atoms with E-state index in [4.69, 9.17) is 16.3 Å². The van der Waals surface area contributed by atoms with Crippen LogP contribution in [0.15, 0.2) is 12.3 Å². The first-order valence-electron chi connectivity index (χ1n) is 5.14. The third-order valence-corrected chi connectivity index (χ3v) is 2.13. The van der Waals surface area contributed by atoms with Crippen LogP contribution in [0.1, 0.15) is 26.3 Å². The molecule has 0 aliphatic carbocycles. The largest absolute Gasteiger partial charge is 0.477 e. The number of ether oxygens (including phenoxy) is 1. The van der Waals surface area contributed by atoms with Crippen LogP contribution < -0.4 is 10.1 Å². The number of nitrogens with zero attached hydrogens (tertiary/aromatic N) is 1. The summed E-state index contributed by atoms with van der Waals surface area (Å²) in [5.41, 5.74) is 1.07. The molecular formula is C11H17ClN2O. The van der Waals surface area contributed by atoms with E-state index < -0.39 is 0 Å². The van der Waals surface area contributed by atoms with Gasteiger partial charge in [-0.3, -0.25) is 0 Å². The maximum absolute atomic E-state index is 6.01. The lowest BCUT2D eigenvalue weighted by Crippen LogP contribution is -2.21. The second-order valence-electron chi connectivity index (χ2n) is 3.60. The van der Waals surface area contributed by atoms with Crippen molar-refractivity contribution in [1.82, 2.24) is 10.3 Å². The standard InChI is InChI=1S/C11H17ClN2O/c1-4-15-11-10(12)5-9(7-14-11)6-13-8(2)3/h5,7-8,13H,4,6H2,1-3H3. The van der Waals surface area contributed by atoms with Crippen molar-refractivity contribution in [3.8, 4) is 5.88 Å². The van der Waals surface area contributed by atoms with Gasteiger partial charge in [-0.2, -0.15) is 0 Å². The van der Waals surface area contributed by atoms with Gasteiger partial charge in [-0.1, -0.05) is 25.4 Å². The van der Waals surface area contributed by atoms with Crippen molar-refractivity contribution in [1.29, 1.82) is 0 Å². The van der Waals surface area contributed by atoms with E-state index in [2.05, 4.69) is 24.1 Å². The summed E-state index contributed by atoms with van der Waals surface area (Å²) >= 11 is 6.01. The molecular weight excluding hydrogens is 212 g/mol. The molecule has 3 nitrogen and oxygen atoms in total. The van der Waals surface area contributed by atoms with Crippen LogP contribution >= 0.6 is 11.6 Å². The Morgan fingerprint density at radius 2 is 2.27 bits per heavy atom. The van der Waals surface area contributed by atoms with Crippen molar-refractivity contribution in [2.24, 2.45) is 0 Å². The predicted molar refractivity (Wildman–Crippen MR) is 62.4 cm³/mol. The lowest BCUT2D eigenvalue weighted by Gasteiger charge is -2.09. The van der Waals surface area contributed by atoms with Crippen LogP contribution in [0.4, 0.5) is 0 Å². The third kappa shape index (κ3) is 4.06. The topological polar surface area (TPSA) is 34.1 Å². The molecule has 0 spiro atoms. The molecule has 1 rings (SSSR count). The smallest absolute Gasteiger partial charge is 0.232 e. The predicted octanol–water partition coefficient (Wildman–Crippen LogP) is 2.63. The maximum atomic E-state index is 6.01. The highest BCUT2D eigenvalue weighted by Crippen LogP contribution is 2.22. The van der Waals surface area contributed by atoms with Crippen LogP contribution in [0.25, 0.3) is 0 Å². The van der Waals surface area contributed by atoms with Crippen LogP contribution in [-0.2, 0) is 6.54 Å². The summed E-state index contributed by atoms with van der Waals surface area (Å²) in [5.74, 6) is 0.507. The van der Waals surface area contributed by atoms with Crippen LogP contribution in [0.3, 0.4) is 0 Å². The summed E-state index contributed by atoms with van der Waals surface area (Å²) in [4.78, 5) is 4.15. The van der Waals surface area contributed by atoms with Crippen molar-refractivity contribution < 1.29 is 4.74 Å². The SMILES string of the molecule is CCOc1ncc(CNC(C)C)cc1Cl. The quantitative estimate of drug-likeness (QED) is 0.842. The lowest BCUT2D eigenvalue weighted by atomic mass is 10.2. The molecule has 1 heterocycles. The molecule has 0 atom stereocenters. The Kier molecular flexibility index (Phi) is 4.85. The second kappa shape index (κ2) is 5.93. The van der Waals surface area contributed by atoms with Gasteiger partial charge in [0.1, 0.15) is 5.02 Å². The van der Waals surface area contributed by atoms with Crippen LogP contribution in [0.2, 0.25) is 5.02 Å². The van der Waals surface area contributed by atoms with Gasteiger partial charge in [0.2, 0.25) is 5.88 Å². The van der Waals surface area contributed by atoms with E-state index in [1.54, 1.807) is 6.20 Å². The number of rotatable bonds is 5. The Morgan fingerprint density at radius 3 is 2.80 bits per heavy atom. The fourth-order valence-corrected chi connectivity index (χ4v) is 1.37. The molecule has 1 aromatic rings. The zero-order chi connectivity index (χ0) is 11.3. The zero-order valence-electron chi connectivity index (χ0n) is 9.38. The van der Waals surface area contributed by atoms with Gasteiger partial charge in [-0.15, -0.1) is 0 Å². The van der Waals surface area contributed by atoms with E-state index in [1.165, 1.54) is 0 Å². The summed E-state index contributed by atoms with van der Waals surface area (Å²) in [6, 6.07) is 2.34. The first-order chi connectivity index (χ1) is 7.13. The number of hydrogen-bond acceptors (Lipinski definition) is 3. The van der Waals surface area contributed by atoms with Crippen molar-refractivity contribution >= 4 is 11.6 Å². The number of aromatic nitrogens is 1. The van der Waals surface area contributed by atoms with Gasteiger partial charge in [0.15, 0.2) is 0 Å². The molecule has 0 aliphatic heterocycles. The lowest BCUT2D eigenvalue weighted by molar-refractivity contribution is 0.327. The molecule has 0 bridgehead atoms. The molecule has 0 aliphatic rings. The van der Waals surface area contributed by atoms with Crippen molar-refractivity contribution in [2.75, 3.05) is 6.61 Å². The summed E-state index contributed by atoms with van der Waals surface area (Å²) in [7, 11) is 0. The fourth-order valence-electron chi connectivity index (χ4n) is 1.13. The number of nitrogens with one attached hydrogen (secondary N) is 1. The van der Waals surface area contributed by atoms with E-state index in [1.807, 2.05) is 13.0 Å². The molecule has 1 aromatic heterocycles. The van der Waals surface area contributed by atoms with E-state index in [0.29, 0.717) is 23.6 Å². The van der Waals surface area contributed by atoms with Gasteiger partial charge >= 0.3 is 0 Å². The summed E-state index contributed by atoms with van der Waals surface area (Å²) in [6.07, 6.45) is 1.78. The highest BCUT2D eigenvalue weighted by molar-refractivity contribution is 6.31. The van der Waals surface area contributed by atoms with Gasteiger partial charge < -0.3 is 10.1 Å². The second-order valence-corrected chi connectivity index (χ2v) is 4.01. The molecule has 15 heavy (non-hydrogen) atoms. The van der Waals surface area contributed by atoms with Crippen molar-refractivity contribution in [2.45, 2.75) is 33.4 Å². The molecule has 0 radical (unpaired) electrons. The van der Waals surface area contributed by atoms with E-state index >= 15 is 0 Å². The summed E-state index contributed by atoms with van der Waals surface area (Å²) < 4.78 is 5.25. The molecule has 0 fully saturated rings. The average Bonchev–Trinajstić information content (AvgIpc) is 2.19. The highest BCUT2D eigenvalue weighted by Gasteiger charge is 2.04. The first-order valence-corrected chi connectivity index (χ1v) is 5.52. The van der Waals surface area contributed by atoms with Crippen molar-refractivity contribution in [3.05, 3.63) is 22.8 Å². The fraction of sp³-hybridized carbons (Fsp3) is 0.545. The Morgan fingerprint density at radius 1 is 1.53 bits per heavy atom. The highest BCUT2D eigenvalue weighted by atomic mass is 35.5. The molecule has 84 valence electrons. The molecule has 0 saturated carbocycles. The number of pyridine rings is 1. The van der Waals surface area contributed by atoms with Gasteiger partial charge in [0.25, 0.3) is 0 Å².